The fourth-order valence-corrected chi connectivity index (χ4v) is 1.11. The van der Waals surface area contributed by atoms with Gasteiger partial charge in [-0.3, -0.25) is 9.69 Å². The number of ketones is 1. The molecule has 0 rings (SSSR count). The lowest BCUT2D eigenvalue weighted by molar-refractivity contribution is -0.123. The van der Waals surface area contributed by atoms with Crippen molar-refractivity contribution >= 4 is 5.78 Å². The Morgan fingerprint density at radius 1 is 1.54 bits per heavy atom. The second kappa shape index (κ2) is 8.16. The fraction of sp³-hybridized carbons (Fsp3) is 0.889. The van der Waals surface area contributed by atoms with E-state index >= 15 is 0 Å². The van der Waals surface area contributed by atoms with Crippen LogP contribution in [0.15, 0.2) is 0 Å². The van der Waals surface area contributed by atoms with Crippen molar-refractivity contribution in [3.63, 3.8) is 0 Å². The largest absolute Gasteiger partial charge is 0.377 e. The molecular weight excluding hydrogens is 168 g/mol. The number of nitrogens with zero attached hydrogens (tertiary/aromatic N) is 1. The minimum absolute atomic E-state index is 0.134. The van der Waals surface area contributed by atoms with Gasteiger partial charge in [-0.1, -0.05) is 0 Å². The summed E-state index contributed by atoms with van der Waals surface area (Å²) in [6.07, 6.45) is 1.06. The molecule has 4 heteroatoms. The number of nitrogens with one attached hydrogen (secondary N) is 1. The molecule has 78 valence electrons. The van der Waals surface area contributed by atoms with Gasteiger partial charge in [-0.15, -0.1) is 0 Å². The van der Waals surface area contributed by atoms with E-state index in [0.717, 1.165) is 19.5 Å². The summed E-state index contributed by atoms with van der Waals surface area (Å²) in [4.78, 5) is 13.1. The van der Waals surface area contributed by atoms with Crippen LogP contribution < -0.4 is 5.32 Å². The van der Waals surface area contributed by atoms with E-state index in [1.165, 1.54) is 0 Å². The van der Waals surface area contributed by atoms with Gasteiger partial charge in [0.05, 0.1) is 6.54 Å². The molecule has 0 aliphatic heterocycles. The average Bonchev–Trinajstić information content (AvgIpc) is 2.05. The molecule has 0 radical (unpaired) electrons. The Balaban J connectivity index is 3.38. The Hall–Kier alpha value is -0.450. The molecule has 0 unspecified atom stereocenters. The molecule has 0 bridgehead atoms. The molecule has 0 spiro atoms. The van der Waals surface area contributed by atoms with Crippen molar-refractivity contribution < 1.29 is 9.53 Å². The highest BCUT2D eigenvalue weighted by atomic mass is 16.5. The smallest absolute Gasteiger partial charge is 0.172 e. The maximum absolute atomic E-state index is 11.1. The van der Waals surface area contributed by atoms with Crippen LogP contribution in [0.5, 0.6) is 0 Å². The first kappa shape index (κ1) is 12.6. The Kier molecular flexibility index (Phi) is 7.88. The van der Waals surface area contributed by atoms with Gasteiger partial charge in [-0.05, 0) is 33.6 Å². The Bertz CT molecular complexity index is 140. The first-order chi connectivity index (χ1) is 6.20. The van der Waals surface area contributed by atoms with Crippen LogP contribution in [0, 0.1) is 0 Å². The summed E-state index contributed by atoms with van der Waals surface area (Å²) in [6.45, 7) is 2.63. The molecule has 0 aromatic heterocycles. The molecule has 0 aliphatic carbocycles. The van der Waals surface area contributed by atoms with E-state index in [9.17, 15) is 4.79 Å². The van der Waals surface area contributed by atoms with E-state index < -0.39 is 0 Å². The van der Waals surface area contributed by atoms with Gasteiger partial charge in [0, 0.05) is 7.11 Å². The van der Waals surface area contributed by atoms with Crippen LogP contribution in [0.25, 0.3) is 0 Å². The molecule has 0 saturated carbocycles. The molecule has 0 aliphatic rings. The minimum Gasteiger partial charge on any atom is -0.377 e. The molecule has 13 heavy (non-hydrogen) atoms. The highest BCUT2D eigenvalue weighted by Gasteiger charge is 2.04. The van der Waals surface area contributed by atoms with E-state index in [0.29, 0.717) is 6.54 Å². The van der Waals surface area contributed by atoms with Crippen molar-refractivity contribution in [2.75, 3.05) is 47.4 Å². The maximum atomic E-state index is 11.1. The van der Waals surface area contributed by atoms with Gasteiger partial charge >= 0.3 is 0 Å². The molecule has 0 fully saturated rings. The van der Waals surface area contributed by atoms with E-state index in [4.69, 9.17) is 4.74 Å². The molecule has 0 saturated heterocycles. The highest BCUT2D eigenvalue weighted by molar-refractivity contribution is 5.81. The summed E-state index contributed by atoms with van der Waals surface area (Å²) < 4.78 is 4.74. The zero-order valence-corrected chi connectivity index (χ0v) is 8.80. The SMILES string of the molecule is CNCCCN(C)CC(=O)COC. The number of ether oxygens (including phenoxy) is 1. The Morgan fingerprint density at radius 3 is 2.77 bits per heavy atom. The van der Waals surface area contributed by atoms with Gasteiger partial charge in [-0.25, -0.2) is 0 Å². The molecule has 4 nitrogen and oxygen atoms in total. The predicted molar refractivity (Wildman–Crippen MR) is 52.9 cm³/mol. The number of likely N-dealkylation sites (N-methyl/N-ethyl adjacent to an activating group) is 1. The molecule has 0 atom stereocenters. The number of carbonyl (C=O) groups is 1. The van der Waals surface area contributed by atoms with Crippen molar-refractivity contribution in [3.05, 3.63) is 0 Å². The summed E-state index contributed by atoms with van der Waals surface area (Å²) >= 11 is 0. The van der Waals surface area contributed by atoms with Crippen molar-refractivity contribution in [3.8, 4) is 0 Å². The summed E-state index contributed by atoms with van der Waals surface area (Å²) in [7, 11) is 5.41. The predicted octanol–water partition coefficient (Wildman–Crippen LogP) is -0.257. The number of carbonyl (C=O) groups excluding carboxylic acids is 1. The first-order valence-corrected chi connectivity index (χ1v) is 4.54. The number of rotatable bonds is 8. The number of hydrogen-bond donors (Lipinski definition) is 1. The van der Waals surface area contributed by atoms with Gasteiger partial charge < -0.3 is 10.1 Å². The van der Waals surface area contributed by atoms with E-state index in [-0.39, 0.29) is 12.4 Å². The number of hydrogen-bond acceptors (Lipinski definition) is 4. The van der Waals surface area contributed by atoms with Gasteiger partial charge in [0.1, 0.15) is 6.61 Å². The van der Waals surface area contributed by atoms with Crippen molar-refractivity contribution in [2.24, 2.45) is 0 Å². The van der Waals surface area contributed by atoms with Crippen LogP contribution >= 0.6 is 0 Å². The number of methoxy groups -OCH3 is 1. The van der Waals surface area contributed by atoms with Crippen LogP contribution in [-0.4, -0.2) is 58.1 Å². The third kappa shape index (κ3) is 7.90. The lowest BCUT2D eigenvalue weighted by Gasteiger charge is -2.14. The Labute approximate surface area is 80.2 Å². The zero-order chi connectivity index (χ0) is 10.1. The molecule has 1 N–H and O–H groups in total. The third-order valence-electron chi connectivity index (χ3n) is 1.72. The Morgan fingerprint density at radius 2 is 2.23 bits per heavy atom. The van der Waals surface area contributed by atoms with Gasteiger partial charge in [0.25, 0.3) is 0 Å². The fourth-order valence-electron chi connectivity index (χ4n) is 1.11. The standard InChI is InChI=1S/C9H20N2O2/c1-10-5-4-6-11(2)7-9(12)8-13-3/h10H,4-8H2,1-3H3. The lowest BCUT2D eigenvalue weighted by Crippen LogP contribution is -2.30. The van der Waals surface area contributed by atoms with Crippen molar-refractivity contribution in [1.29, 1.82) is 0 Å². The first-order valence-electron chi connectivity index (χ1n) is 4.54. The van der Waals surface area contributed by atoms with E-state index in [1.54, 1.807) is 7.11 Å². The molecular formula is C9H20N2O2. The second-order valence-corrected chi connectivity index (χ2v) is 3.17. The van der Waals surface area contributed by atoms with Crippen LogP contribution in [0.2, 0.25) is 0 Å². The molecule has 0 aromatic carbocycles. The summed E-state index contributed by atoms with van der Waals surface area (Å²) in [5.74, 6) is 0.134. The molecule has 0 amide bonds. The summed E-state index contributed by atoms with van der Waals surface area (Å²) in [6, 6.07) is 0. The quantitative estimate of drug-likeness (QED) is 0.533. The lowest BCUT2D eigenvalue weighted by atomic mass is 10.3. The van der Waals surface area contributed by atoms with E-state index in [2.05, 4.69) is 5.32 Å². The van der Waals surface area contributed by atoms with Crippen LogP contribution in [0.1, 0.15) is 6.42 Å². The summed E-state index contributed by atoms with van der Waals surface area (Å²) in [5.41, 5.74) is 0. The van der Waals surface area contributed by atoms with E-state index in [1.807, 2.05) is 19.0 Å². The zero-order valence-electron chi connectivity index (χ0n) is 8.80. The van der Waals surface area contributed by atoms with Gasteiger partial charge in [0.15, 0.2) is 5.78 Å². The second-order valence-electron chi connectivity index (χ2n) is 3.17. The monoisotopic (exact) mass is 188 g/mol. The van der Waals surface area contributed by atoms with Gasteiger partial charge in [-0.2, -0.15) is 0 Å². The number of Topliss-reactive ketones (excluding diaryl/α,β-unsaturated/α-hetero) is 1. The van der Waals surface area contributed by atoms with Crippen molar-refractivity contribution in [2.45, 2.75) is 6.42 Å². The topological polar surface area (TPSA) is 41.6 Å². The minimum atomic E-state index is 0.134. The van der Waals surface area contributed by atoms with Crippen molar-refractivity contribution in [1.82, 2.24) is 10.2 Å². The highest BCUT2D eigenvalue weighted by Crippen LogP contribution is 1.87. The normalized spacial score (nSPS) is 10.8. The van der Waals surface area contributed by atoms with Crippen LogP contribution in [0.3, 0.4) is 0 Å². The summed E-state index contributed by atoms with van der Waals surface area (Å²) in [5, 5.41) is 3.07. The molecule has 0 aromatic rings. The maximum Gasteiger partial charge on any atom is 0.172 e. The third-order valence-corrected chi connectivity index (χ3v) is 1.72. The van der Waals surface area contributed by atoms with Crippen LogP contribution in [-0.2, 0) is 9.53 Å². The average molecular weight is 188 g/mol. The van der Waals surface area contributed by atoms with Gasteiger partial charge in [0.2, 0.25) is 0 Å². The molecule has 0 heterocycles. The van der Waals surface area contributed by atoms with Crippen LogP contribution in [0.4, 0.5) is 0 Å².